The highest BCUT2D eigenvalue weighted by atomic mass is 16.3. The quantitative estimate of drug-likeness (QED) is 0.659. The number of aromatic nitrogens is 1. The zero-order valence-corrected chi connectivity index (χ0v) is 8.76. The van der Waals surface area contributed by atoms with Crippen molar-refractivity contribution in [1.29, 1.82) is 0 Å². The molecule has 0 bridgehead atoms. The molecule has 0 spiro atoms. The lowest BCUT2D eigenvalue weighted by molar-refractivity contribution is -0.00217. The molecule has 0 aromatic carbocycles. The molecule has 0 atom stereocenters. The van der Waals surface area contributed by atoms with Crippen LogP contribution >= 0.6 is 0 Å². The Labute approximate surface area is 89.9 Å². The van der Waals surface area contributed by atoms with Crippen molar-refractivity contribution in [3.8, 4) is 0 Å². The lowest BCUT2D eigenvalue weighted by Gasteiger charge is -2.35. The van der Waals surface area contributed by atoms with Crippen molar-refractivity contribution < 1.29 is 5.11 Å². The average molecular weight is 207 g/mol. The van der Waals surface area contributed by atoms with Gasteiger partial charge in [-0.2, -0.15) is 0 Å². The van der Waals surface area contributed by atoms with Crippen LogP contribution in [0.2, 0.25) is 0 Å². The Bertz CT molecular complexity index is 285. The van der Waals surface area contributed by atoms with Gasteiger partial charge in [-0.1, -0.05) is 6.07 Å². The Morgan fingerprint density at radius 3 is 3.07 bits per heavy atom. The topological polar surface area (TPSA) is 48.4 Å². The van der Waals surface area contributed by atoms with Gasteiger partial charge in [0, 0.05) is 38.7 Å². The SMILES string of the molecule is OC1CN(CNCCc2cccnc2)C1. The number of β-amino-alcohol motifs (C(OH)–C–C–N with tert-alkyl or cyclic N) is 1. The number of pyridine rings is 1. The molecule has 0 aliphatic carbocycles. The second-order valence-corrected chi connectivity index (χ2v) is 3.96. The first-order valence-electron chi connectivity index (χ1n) is 5.34. The summed E-state index contributed by atoms with van der Waals surface area (Å²) in [6, 6.07) is 4.04. The van der Waals surface area contributed by atoms with Crippen molar-refractivity contribution >= 4 is 0 Å². The Hall–Kier alpha value is -0.970. The van der Waals surface area contributed by atoms with Gasteiger partial charge in [0.05, 0.1) is 6.10 Å². The number of hydrogen-bond donors (Lipinski definition) is 2. The third kappa shape index (κ3) is 3.27. The summed E-state index contributed by atoms with van der Waals surface area (Å²) in [5.41, 5.74) is 1.26. The molecule has 82 valence electrons. The van der Waals surface area contributed by atoms with E-state index in [0.717, 1.165) is 32.7 Å². The first-order chi connectivity index (χ1) is 7.34. The third-order valence-corrected chi connectivity index (χ3v) is 2.59. The van der Waals surface area contributed by atoms with Crippen LogP contribution in [0.1, 0.15) is 5.56 Å². The van der Waals surface area contributed by atoms with Gasteiger partial charge in [0.1, 0.15) is 0 Å². The highest BCUT2D eigenvalue weighted by Crippen LogP contribution is 2.04. The van der Waals surface area contributed by atoms with Gasteiger partial charge in [-0.3, -0.25) is 9.88 Å². The van der Waals surface area contributed by atoms with Crippen molar-refractivity contribution in [2.24, 2.45) is 0 Å². The van der Waals surface area contributed by atoms with Gasteiger partial charge in [-0.15, -0.1) is 0 Å². The average Bonchev–Trinajstić information content (AvgIpc) is 2.23. The van der Waals surface area contributed by atoms with Crippen LogP contribution in [-0.2, 0) is 6.42 Å². The smallest absolute Gasteiger partial charge is 0.0794 e. The molecule has 1 fully saturated rings. The van der Waals surface area contributed by atoms with Gasteiger partial charge in [-0.05, 0) is 18.1 Å². The molecule has 1 aromatic heterocycles. The summed E-state index contributed by atoms with van der Waals surface area (Å²) in [4.78, 5) is 6.25. The first kappa shape index (κ1) is 10.5. The molecule has 2 rings (SSSR count). The Morgan fingerprint density at radius 2 is 2.40 bits per heavy atom. The Balaban J connectivity index is 1.56. The van der Waals surface area contributed by atoms with Crippen LogP contribution in [0, 0.1) is 0 Å². The highest BCUT2D eigenvalue weighted by Gasteiger charge is 2.22. The molecule has 2 N–H and O–H groups in total. The summed E-state index contributed by atoms with van der Waals surface area (Å²) in [5, 5.41) is 12.4. The molecule has 4 nitrogen and oxygen atoms in total. The second-order valence-electron chi connectivity index (χ2n) is 3.96. The molecule has 1 aliphatic heterocycles. The summed E-state index contributed by atoms with van der Waals surface area (Å²) >= 11 is 0. The van der Waals surface area contributed by atoms with E-state index in [1.165, 1.54) is 5.56 Å². The monoisotopic (exact) mass is 207 g/mol. The maximum atomic E-state index is 9.08. The fourth-order valence-corrected chi connectivity index (χ4v) is 1.69. The third-order valence-electron chi connectivity index (χ3n) is 2.59. The molecule has 4 heteroatoms. The summed E-state index contributed by atoms with van der Waals surface area (Å²) in [5.74, 6) is 0. The molecular formula is C11H17N3O. The summed E-state index contributed by atoms with van der Waals surface area (Å²) in [6.45, 7) is 3.44. The largest absolute Gasteiger partial charge is 0.390 e. The van der Waals surface area contributed by atoms with Crippen LogP contribution in [0.4, 0.5) is 0 Å². The number of aliphatic hydroxyl groups excluding tert-OH is 1. The van der Waals surface area contributed by atoms with Crippen molar-refractivity contribution in [3.05, 3.63) is 30.1 Å². The highest BCUT2D eigenvalue weighted by molar-refractivity contribution is 5.08. The van der Waals surface area contributed by atoms with E-state index in [4.69, 9.17) is 5.11 Å². The molecule has 1 aliphatic rings. The molecule has 15 heavy (non-hydrogen) atoms. The fourth-order valence-electron chi connectivity index (χ4n) is 1.69. The predicted molar refractivity (Wildman–Crippen MR) is 58.4 cm³/mol. The second kappa shape index (κ2) is 5.21. The molecular weight excluding hydrogens is 190 g/mol. The molecule has 0 unspecified atom stereocenters. The summed E-state index contributed by atoms with van der Waals surface area (Å²) in [6.07, 6.45) is 4.59. The van der Waals surface area contributed by atoms with Crippen molar-refractivity contribution in [2.45, 2.75) is 12.5 Å². The summed E-state index contributed by atoms with van der Waals surface area (Å²) < 4.78 is 0. The molecule has 1 aromatic rings. The van der Waals surface area contributed by atoms with E-state index in [9.17, 15) is 0 Å². The van der Waals surface area contributed by atoms with Crippen LogP contribution in [-0.4, -0.2) is 47.4 Å². The molecule has 0 radical (unpaired) electrons. The van der Waals surface area contributed by atoms with Crippen LogP contribution in [0.25, 0.3) is 0 Å². The minimum atomic E-state index is -0.106. The molecule has 2 heterocycles. The van der Waals surface area contributed by atoms with Gasteiger partial charge in [0.15, 0.2) is 0 Å². The van der Waals surface area contributed by atoms with Crippen LogP contribution in [0.5, 0.6) is 0 Å². The minimum absolute atomic E-state index is 0.106. The normalized spacial score (nSPS) is 17.7. The number of rotatable bonds is 5. The van der Waals surface area contributed by atoms with E-state index in [1.807, 2.05) is 12.3 Å². The van der Waals surface area contributed by atoms with Gasteiger partial charge < -0.3 is 10.4 Å². The minimum Gasteiger partial charge on any atom is -0.390 e. The standard InChI is InChI=1S/C11H17N3O/c15-11-7-14(8-11)9-13-5-3-10-2-1-4-12-6-10/h1-2,4,6,11,13,15H,3,5,7-9H2. The Kier molecular flexibility index (Phi) is 3.66. The fraction of sp³-hybridized carbons (Fsp3) is 0.545. The van der Waals surface area contributed by atoms with Crippen molar-refractivity contribution in [3.63, 3.8) is 0 Å². The molecule has 0 amide bonds. The maximum Gasteiger partial charge on any atom is 0.0794 e. The van der Waals surface area contributed by atoms with E-state index in [0.29, 0.717) is 0 Å². The van der Waals surface area contributed by atoms with Gasteiger partial charge >= 0.3 is 0 Å². The lowest BCUT2D eigenvalue weighted by Crippen LogP contribution is -2.53. The van der Waals surface area contributed by atoms with Gasteiger partial charge in [0.2, 0.25) is 0 Å². The number of nitrogens with one attached hydrogen (secondary N) is 1. The zero-order valence-electron chi connectivity index (χ0n) is 8.76. The molecule has 1 saturated heterocycles. The van der Waals surface area contributed by atoms with E-state index < -0.39 is 0 Å². The van der Waals surface area contributed by atoms with E-state index >= 15 is 0 Å². The van der Waals surface area contributed by atoms with Gasteiger partial charge in [0.25, 0.3) is 0 Å². The predicted octanol–water partition coefficient (Wildman–Crippen LogP) is -0.152. The summed E-state index contributed by atoms with van der Waals surface area (Å²) in [7, 11) is 0. The van der Waals surface area contributed by atoms with E-state index in [-0.39, 0.29) is 6.10 Å². The molecule has 0 saturated carbocycles. The number of hydrogen-bond acceptors (Lipinski definition) is 4. The number of aliphatic hydroxyl groups is 1. The van der Waals surface area contributed by atoms with E-state index in [2.05, 4.69) is 21.3 Å². The zero-order chi connectivity index (χ0) is 10.5. The van der Waals surface area contributed by atoms with E-state index in [1.54, 1.807) is 6.20 Å². The maximum absolute atomic E-state index is 9.08. The van der Waals surface area contributed by atoms with Crippen molar-refractivity contribution in [1.82, 2.24) is 15.2 Å². The van der Waals surface area contributed by atoms with Crippen LogP contribution in [0.3, 0.4) is 0 Å². The number of likely N-dealkylation sites (tertiary alicyclic amines) is 1. The van der Waals surface area contributed by atoms with Crippen molar-refractivity contribution in [2.75, 3.05) is 26.3 Å². The van der Waals surface area contributed by atoms with Crippen LogP contribution < -0.4 is 5.32 Å². The van der Waals surface area contributed by atoms with Crippen LogP contribution in [0.15, 0.2) is 24.5 Å². The van der Waals surface area contributed by atoms with Gasteiger partial charge in [-0.25, -0.2) is 0 Å². The Morgan fingerprint density at radius 1 is 1.53 bits per heavy atom. The number of nitrogens with zero attached hydrogens (tertiary/aromatic N) is 2. The lowest BCUT2D eigenvalue weighted by atomic mass is 10.2. The first-order valence-corrected chi connectivity index (χ1v) is 5.34.